The Morgan fingerprint density at radius 2 is 1.85 bits per heavy atom. The van der Waals surface area contributed by atoms with Crippen LogP contribution >= 0.6 is 0 Å². The molecule has 0 aromatic carbocycles. The second-order valence-corrected chi connectivity index (χ2v) is 7.55. The van der Waals surface area contributed by atoms with Crippen molar-refractivity contribution in [1.82, 2.24) is 4.90 Å². The molecular weight excluding hydrogens is 248 g/mol. The van der Waals surface area contributed by atoms with Gasteiger partial charge >= 0.3 is 0 Å². The number of hydrogen-bond donors (Lipinski definition) is 1. The van der Waals surface area contributed by atoms with Gasteiger partial charge in [0.25, 0.3) is 0 Å². The van der Waals surface area contributed by atoms with Gasteiger partial charge in [0.2, 0.25) is 0 Å². The van der Waals surface area contributed by atoms with Crippen molar-refractivity contribution in [2.45, 2.75) is 64.5 Å². The molecule has 0 heterocycles. The van der Waals surface area contributed by atoms with E-state index in [0.29, 0.717) is 6.04 Å². The minimum Gasteiger partial charge on any atom is -0.383 e. The van der Waals surface area contributed by atoms with E-state index in [4.69, 9.17) is 10.5 Å². The first-order valence-corrected chi connectivity index (χ1v) is 8.48. The number of rotatable bonds is 7. The Kier molecular flexibility index (Phi) is 5.49. The molecule has 0 spiro atoms. The summed E-state index contributed by atoms with van der Waals surface area (Å²) >= 11 is 0. The van der Waals surface area contributed by atoms with Gasteiger partial charge in [-0.1, -0.05) is 13.8 Å². The molecule has 3 nitrogen and oxygen atoms in total. The van der Waals surface area contributed by atoms with E-state index in [1.165, 1.54) is 32.1 Å². The second-order valence-electron chi connectivity index (χ2n) is 7.55. The highest BCUT2D eigenvalue weighted by atomic mass is 16.5. The van der Waals surface area contributed by atoms with Crippen LogP contribution in [0.1, 0.15) is 52.9 Å². The van der Waals surface area contributed by atoms with Crippen LogP contribution in [0.3, 0.4) is 0 Å². The van der Waals surface area contributed by atoms with E-state index >= 15 is 0 Å². The van der Waals surface area contributed by atoms with E-state index in [9.17, 15) is 0 Å². The molecule has 2 N–H and O–H groups in total. The molecule has 0 aromatic rings. The second kappa shape index (κ2) is 6.76. The summed E-state index contributed by atoms with van der Waals surface area (Å²) in [6, 6.07) is 0.659. The van der Waals surface area contributed by atoms with Crippen molar-refractivity contribution >= 4 is 0 Å². The predicted molar refractivity (Wildman–Crippen MR) is 84.7 cm³/mol. The molecule has 2 aliphatic rings. The molecular formula is C17H34N2O. The molecule has 2 fully saturated rings. The minimum absolute atomic E-state index is 0.206. The third-order valence-electron chi connectivity index (χ3n) is 5.58. The Bertz CT molecular complexity index is 293. The minimum atomic E-state index is 0.206. The number of ether oxygens (including phenoxy) is 1. The molecule has 0 aliphatic heterocycles. The van der Waals surface area contributed by atoms with Crippen LogP contribution in [-0.4, -0.2) is 43.3 Å². The van der Waals surface area contributed by atoms with Crippen molar-refractivity contribution in [3.63, 3.8) is 0 Å². The average molecular weight is 282 g/mol. The maximum Gasteiger partial charge on any atom is 0.0590 e. The Morgan fingerprint density at radius 3 is 2.30 bits per heavy atom. The van der Waals surface area contributed by atoms with Crippen molar-refractivity contribution in [1.29, 1.82) is 0 Å². The Balaban J connectivity index is 2.17. The molecule has 0 aromatic heterocycles. The predicted octanol–water partition coefficient (Wildman–Crippen LogP) is 2.89. The van der Waals surface area contributed by atoms with Crippen molar-refractivity contribution in [2.24, 2.45) is 23.5 Å². The molecule has 2 aliphatic carbocycles. The molecule has 3 atom stereocenters. The Hall–Kier alpha value is -0.120. The third-order valence-corrected chi connectivity index (χ3v) is 5.58. The van der Waals surface area contributed by atoms with Gasteiger partial charge in [0.05, 0.1) is 6.61 Å². The number of methoxy groups -OCH3 is 1. The molecule has 3 heteroatoms. The van der Waals surface area contributed by atoms with Crippen LogP contribution in [0, 0.1) is 17.8 Å². The van der Waals surface area contributed by atoms with Crippen LogP contribution in [0.15, 0.2) is 0 Å². The summed E-state index contributed by atoms with van der Waals surface area (Å²) in [5.41, 5.74) is 6.52. The standard InChI is InChI=1S/C17H34N2O/c1-13-9-14(2)11-17(10-13,12-18)19(7-8-20-4)15(3)16-5-6-16/h13-16H,5-12,18H2,1-4H3. The average Bonchev–Trinajstić information content (AvgIpc) is 3.22. The normalized spacial score (nSPS) is 36.3. The molecule has 3 unspecified atom stereocenters. The first-order valence-electron chi connectivity index (χ1n) is 8.48. The van der Waals surface area contributed by atoms with Crippen LogP contribution in [0.25, 0.3) is 0 Å². The van der Waals surface area contributed by atoms with Gasteiger partial charge in [0.1, 0.15) is 0 Å². The van der Waals surface area contributed by atoms with Crippen LogP contribution in [0.4, 0.5) is 0 Å². The maximum absolute atomic E-state index is 6.31. The van der Waals surface area contributed by atoms with Gasteiger partial charge in [-0.3, -0.25) is 4.90 Å². The molecule has 118 valence electrons. The summed E-state index contributed by atoms with van der Waals surface area (Å²) in [5, 5.41) is 0. The van der Waals surface area contributed by atoms with Crippen LogP contribution in [0.2, 0.25) is 0 Å². The summed E-state index contributed by atoms with van der Waals surface area (Å²) in [4.78, 5) is 2.72. The van der Waals surface area contributed by atoms with Crippen molar-refractivity contribution in [3.8, 4) is 0 Å². The maximum atomic E-state index is 6.31. The fraction of sp³-hybridized carbons (Fsp3) is 1.00. The molecule has 2 rings (SSSR count). The monoisotopic (exact) mass is 282 g/mol. The molecule has 0 bridgehead atoms. The van der Waals surface area contributed by atoms with E-state index in [2.05, 4.69) is 25.7 Å². The summed E-state index contributed by atoms with van der Waals surface area (Å²) in [6.45, 7) is 9.86. The Morgan fingerprint density at radius 1 is 1.25 bits per heavy atom. The third kappa shape index (κ3) is 3.55. The SMILES string of the molecule is COCCN(C(C)C1CC1)C1(CN)CC(C)CC(C)C1. The summed E-state index contributed by atoms with van der Waals surface area (Å²) in [6.07, 6.45) is 6.67. The smallest absolute Gasteiger partial charge is 0.0590 e. The lowest BCUT2D eigenvalue weighted by atomic mass is 9.70. The van der Waals surface area contributed by atoms with E-state index in [0.717, 1.165) is 37.5 Å². The number of hydrogen-bond acceptors (Lipinski definition) is 3. The van der Waals surface area contributed by atoms with Crippen LogP contribution < -0.4 is 5.73 Å². The van der Waals surface area contributed by atoms with Crippen LogP contribution in [0.5, 0.6) is 0 Å². The lowest BCUT2D eigenvalue weighted by Gasteiger charge is -2.52. The van der Waals surface area contributed by atoms with Gasteiger partial charge in [-0.15, -0.1) is 0 Å². The van der Waals surface area contributed by atoms with E-state index in [-0.39, 0.29) is 5.54 Å². The van der Waals surface area contributed by atoms with E-state index in [1.807, 2.05) is 0 Å². The zero-order valence-corrected chi connectivity index (χ0v) is 13.9. The van der Waals surface area contributed by atoms with E-state index < -0.39 is 0 Å². The zero-order chi connectivity index (χ0) is 14.8. The fourth-order valence-corrected chi connectivity index (χ4v) is 4.65. The van der Waals surface area contributed by atoms with Gasteiger partial charge in [0.15, 0.2) is 0 Å². The highest BCUT2D eigenvalue weighted by molar-refractivity contribution is 5.01. The van der Waals surface area contributed by atoms with Gasteiger partial charge < -0.3 is 10.5 Å². The van der Waals surface area contributed by atoms with Crippen molar-refractivity contribution in [3.05, 3.63) is 0 Å². The topological polar surface area (TPSA) is 38.5 Å². The first-order chi connectivity index (χ1) is 9.52. The van der Waals surface area contributed by atoms with Gasteiger partial charge in [0, 0.05) is 31.8 Å². The van der Waals surface area contributed by atoms with Gasteiger partial charge in [-0.25, -0.2) is 0 Å². The lowest BCUT2D eigenvalue weighted by Crippen LogP contribution is -2.61. The molecule has 0 amide bonds. The van der Waals surface area contributed by atoms with Gasteiger partial charge in [-0.05, 0) is 56.8 Å². The molecule has 0 radical (unpaired) electrons. The quantitative estimate of drug-likeness (QED) is 0.780. The van der Waals surface area contributed by atoms with Crippen molar-refractivity contribution in [2.75, 3.05) is 26.8 Å². The highest BCUT2D eigenvalue weighted by Crippen LogP contribution is 2.44. The van der Waals surface area contributed by atoms with Crippen molar-refractivity contribution < 1.29 is 4.74 Å². The molecule has 2 saturated carbocycles. The first kappa shape index (κ1) is 16.3. The molecule has 0 saturated heterocycles. The number of nitrogens with zero attached hydrogens (tertiary/aromatic N) is 1. The highest BCUT2D eigenvalue weighted by Gasteiger charge is 2.45. The summed E-state index contributed by atoms with van der Waals surface area (Å²) in [5.74, 6) is 2.47. The molecule has 20 heavy (non-hydrogen) atoms. The van der Waals surface area contributed by atoms with Crippen LogP contribution in [-0.2, 0) is 4.74 Å². The largest absolute Gasteiger partial charge is 0.383 e. The van der Waals surface area contributed by atoms with Gasteiger partial charge in [-0.2, -0.15) is 0 Å². The zero-order valence-electron chi connectivity index (χ0n) is 13.9. The Labute approximate surface area is 125 Å². The van der Waals surface area contributed by atoms with E-state index in [1.54, 1.807) is 7.11 Å². The lowest BCUT2D eigenvalue weighted by molar-refractivity contribution is -0.0259. The summed E-state index contributed by atoms with van der Waals surface area (Å²) < 4.78 is 5.37. The fourth-order valence-electron chi connectivity index (χ4n) is 4.65. The summed E-state index contributed by atoms with van der Waals surface area (Å²) in [7, 11) is 1.81. The number of nitrogens with two attached hydrogens (primary N) is 1.